The van der Waals surface area contributed by atoms with Gasteiger partial charge in [-0.05, 0) is 32.9 Å². The van der Waals surface area contributed by atoms with Crippen LogP contribution >= 0.6 is 0 Å². The molecule has 0 heterocycles. The number of esters is 1. The lowest BCUT2D eigenvalue weighted by Gasteiger charge is -2.20. The molecule has 0 radical (unpaired) electrons. The number of hydrogen-bond acceptors (Lipinski definition) is 5. The van der Waals surface area contributed by atoms with Crippen LogP contribution < -0.4 is 4.74 Å². The summed E-state index contributed by atoms with van der Waals surface area (Å²) < 4.78 is 10.2. The highest BCUT2D eigenvalue weighted by molar-refractivity contribution is 5.97. The van der Waals surface area contributed by atoms with Gasteiger partial charge in [-0.15, -0.1) is 0 Å². The first-order chi connectivity index (χ1) is 10.0. The highest BCUT2D eigenvalue weighted by Gasteiger charge is 2.24. The molecule has 1 aromatic rings. The van der Waals surface area contributed by atoms with Gasteiger partial charge in [0.25, 0.3) is 0 Å². The van der Waals surface area contributed by atoms with E-state index in [1.165, 1.54) is 13.2 Å². The summed E-state index contributed by atoms with van der Waals surface area (Å²) in [5.41, 5.74) is -1.07. The van der Waals surface area contributed by atoms with Crippen LogP contribution in [-0.4, -0.2) is 40.8 Å². The van der Waals surface area contributed by atoms with Crippen LogP contribution in [0.3, 0.4) is 0 Å². The molecule has 2 N–H and O–H groups in total. The summed E-state index contributed by atoms with van der Waals surface area (Å²) in [5.74, 6) is -3.25. The third-order valence-electron chi connectivity index (χ3n) is 2.62. The maximum absolute atomic E-state index is 12.0. The Morgan fingerprint density at radius 2 is 1.73 bits per heavy atom. The molecule has 0 bridgehead atoms. The summed E-state index contributed by atoms with van der Waals surface area (Å²) in [6, 6.07) is 2.37. The first-order valence-electron chi connectivity index (χ1n) is 6.44. The standard InChI is InChI=1S/C15H18O7/c1-15(2,3)22-14(20)8-5-10(13(18)19)9(7-12(16)17)11(6-8)21-4/h5-6H,7H2,1-4H3,(H,16,17)(H,18,19). The predicted octanol–water partition coefficient (Wildman–Crippen LogP) is 1.98. The Balaban J connectivity index is 3.39. The average molecular weight is 310 g/mol. The summed E-state index contributed by atoms with van der Waals surface area (Å²) in [5, 5.41) is 18.1. The van der Waals surface area contributed by atoms with E-state index in [-0.39, 0.29) is 22.4 Å². The molecule has 7 nitrogen and oxygen atoms in total. The number of carbonyl (C=O) groups is 3. The molecule has 0 aliphatic heterocycles. The van der Waals surface area contributed by atoms with Crippen molar-refractivity contribution in [3.8, 4) is 5.75 Å². The number of aromatic carboxylic acids is 1. The summed E-state index contributed by atoms with van der Waals surface area (Å²) in [7, 11) is 1.27. The number of carboxylic acid groups (broad SMARTS) is 2. The van der Waals surface area contributed by atoms with E-state index in [0.717, 1.165) is 6.07 Å². The van der Waals surface area contributed by atoms with Crippen molar-refractivity contribution in [1.82, 2.24) is 0 Å². The van der Waals surface area contributed by atoms with Crippen molar-refractivity contribution in [2.75, 3.05) is 7.11 Å². The van der Waals surface area contributed by atoms with E-state index in [1.54, 1.807) is 20.8 Å². The highest BCUT2D eigenvalue weighted by atomic mass is 16.6. The molecule has 7 heteroatoms. The molecular weight excluding hydrogens is 292 g/mol. The zero-order chi connectivity index (χ0) is 17.1. The zero-order valence-corrected chi connectivity index (χ0v) is 12.8. The highest BCUT2D eigenvalue weighted by Crippen LogP contribution is 2.27. The van der Waals surface area contributed by atoms with Crippen molar-refractivity contribution in [2.45, 2.75) is 32.8 Å². The normalized spacial score (nSPS) is 10.9. The lowest BCUT2D eigenvalue weighted by Crippen LogP contribution is -2.24. The van der Waals surface area contributed by atoms with Crippen molar-refractivity contribution in [1.29, 1.82) is 0 Å². The van der Waals surface area contributed by atoms with Crippen LogP contribution in [0.25, 0.3) is 0 Å². The molecule has 0 saturated carbocycles. The molecule has 22 heavy (non-hydrogen) atoms. The fourth-order valence-electron chi connectivity index (χ4n) is 1.81. The summed E-state index contributed by atoms with van der Waals surface area (Å²) >= 11 is 0. The van der Waals surface area contributed by atoms with Crippen molar-refractivity contribution in [3.63, 3.8) is 0 Å². The van der Waals surface area contributed by atoms with Gasteiger partial charge in [0, 0.05) is 5.56 Å². The van der Waals surface area contributed by atoms with Gasteiger partial charge in [0.1, 0.15) is 11.4 Å². The Morgan fingerprint density at radius 1 is 1.14 bits per heavy atom. The number of aliphatic carboxylic acids is 1. The van der Waals surface area contributed by atoms with Crippen molar-refractivity contribution >= 4 is 17.9 Å². The smallest absolute Gasteiger partial charge is 0.338 e. The Kier molecular flexibility index (Phi) is 5.14. The zero-order valence-electron chi connectivity index (χ0n) is 12.8. The summed E-state index contributed by atoms with van der Waals surface area (Å²) in [4.78, 5) is 34.3. The number of rotatable bonds is 5. The van der Waals surface area contributed by atoms with Gasteiger partial charge >= 0.3 is 17.9 Å². The minimum absolute atomic E-state index is 0.00481. The maximum atomic E-state index is 12.0. The van der Waals surface area contributed by atoms with Gasteiger partial charge in [-0.2, -0.15) is 0 Å². The Morgan fingerprint density at radius 3 is 2.14 bits per heavy atom. The van der Waals surface area contributed by atoms with Crippen LogP contribution in [0.4, 0.5) is 0 Å². The van der Waals surface area contributed by atoms with E-state index in [1.807, 2.05) is 0 Å². The number of benzene rings is 1. The van der Waals surface area contributed by atoms with Gasteiger partial charge in [-0.25, -0.2) is 9.59 Å². The molecule has 0 aromatic heterocycles. The number of ether oxygens (including phenoxy) is 2. The van der Waals surface area contributed by atoms with Gasteiger partial charge in [-0.3, -0.25) is 4.79 Å². The molecule has 0 unspecified atom stereocenters. The topological polar surface area (TPSA) is 110 Å². The largest absolute Gasteiger partial charge is 0.496 e. The maximum Gasteiger partial charge on any atom is 0.338 e. The minimum atomic E-state index is -1.35. The van der Waals surface area contributed by atoms with E-state index < -0.39 is 29.9 Å². The first kappa shape index (κ1) is 17.5. The van der Waals surface area contributed by atoms with E-state index in [9.17, 15) is 19.5 Å². The van der Waals surface area contributed by atoms with Crippen LogP contribution in [0.5, 0.6) is 5.75 Å². The molecule has 0 saturated heterocycles. The van der Waals surface area contributed by atoms with Crippen LogP contribution in [0.1, 0.15) is 47.1 Å². The number of hydrogen-bond donors (Lipinski definition) is 2. The van der Waals surface area contributed by atoms with Gasteiger partial charge < -0.3 is 19.7 Å². The lowest BCUT2D eigenvalue weighted by molar-refractivity contribution is -0.136. The van der Waals surface area contributed by atoms with Gasteiger partial charge in [-0.1, -0.05) is 0 Å². The van der Waals surface area contributed by atoms with E-state index >= 15 is 0 Å². The SMILES string of the molecule is COc1cc(C(=O)OC(C)(C)C)cc(C(=O)O)c1CC(=O)O. The third kappa shape index (κ3) is 4.47. The molecule has 0 fully saturated rings. The summed E-state index contributed by atoms with van der Waals surface area (Å²) in [6.45, 7) is 5.04. The lowest BCUT2D eigenvalue weighted by atomic mass is 9.99. The molecule has 0 aliphatic rings. The van der Waals surface area contributed by atoms with Gasteiger partial charge in [0.2, 0.25) is 0 Å². The molecule has 0 amide bonds. The van der Waals surface area contributed by atoms with Crippen molar-refractivity contribution < 1.29 is 34.1 Å². The number of carbonyl (C=O) groups excluding carboxylic acids is 1. The van der Waals surface area contributed by atoms with Crippen LogP contribution in [0.2, 0.25) is 0 Å². The van der Waals surface area contributed by atoms with Crippen LogP contribution in [0.15, 0.2) is 12.1 Å². The van der Waals surface area contributed by atoms with Crippen LogP contribution in [-0.2, 0) is 16.0 Å². The Hall–Kier alpha value is -2.57. The van der Waals surface area contributed by atoms with E-state index in [4.69, 9.17) is 14.6 Å². The van der Waals surface area contributed by atoms with Crippen molar-refractivity contribution in [3.05, 3.63) is 28.8 Å². The molecule has 0 spiro atoms. The van der Waals surface area contributed by atoms with E-state index in [0.29, 0.717) is 0 Å². The monoisotopic (exact) mass is 310 g/mol. The minimum Gasteiger partial charge on any atom is -0.496 e. The van der Waals surface area contributed by atoms with Crippen molar-refractivity contribution in [2.24, 2.45) is 0 Å². The molecular formula is C15H18O7. The fraction of sp³-hybridized carbons (Fsp3) is 0.400. The van der Waals surface area contributed by atoms with Gasteiger partial charge in [0.05, 0.1) is 24.7 Å². The fourth-order valence-corrected chi connectivity index (χ4v) is 1.81. The summed E-state index contributed by atoms with van der Waals surface area (Å²) in [6.07, 6.45) is -0.528. The second-order valence-electron chi connectivity index (χ2n) is 5.58. The molecule has 120 valence electrons. The number of carboxylic acids is 2. The second-order valence-corrected chi connectivity index (χ2v) is 5.58. The predicted molar refractivity (Wildman–Crippen MR) is 76.5 cm³/mol. The average Bonchev–Trinajstić information content (AvgIpc) is 2.35. The third-order valence-corrected chi connectivity index (χ3v) is 2.62. The Bertz CT molecular complexity index is 611. The number of methoxy groups -OCH3 is 1. The molecule has 0 aliphatic carbocycles. The van der Waals surface area contributed by atoms with Crippen LogP contribution in [0, 0.1) is 0 Å². The van der Waals surface area contributed by atoms with E-state index in [2.05, 4.69) is 0 Å². The quantitative estimate of drug-likeness (QED) is 0.800. The molecule has 1 rings (SSSR count). The molecule has 0 atom stereocenters. The Labute approximate surface area is 127 Å². The first-order valence-corrected chi connectivity index (χ1v) is 6.44. The second kappa shape index (κ2) is 6.46. The molecule has 1 aromatic carbocycles. The van der Waals surface area contributed by atoms with Gasteiger partial charge in [0.15, 0.2) is 0 Å².